The predicted molar refractivity (Wildman–Crippen MR) is 73.9 cm³/mol. The molecule has 1 N–H and O–H groups in total. The SMILES string of the molecule is CNC(C)(C)Cc1cc(C(C)C)ccc1OC. The molecule has 0 heterocycles. The van der Waals surface area contributed by atoms with Crippen molar-refractivity contribution >= 4 is 0 Å². The van der Waals surface area contributed by atoms with Crippen LogP contribution in [-0.4, -0.2) is 19.7 Å². The zero-order valence-electron chi connectivity index (χ0n) is 11.9. The summed E-state index contributed by atoms with van der Waals surface area (Å²) in [7, 11) is 3.74. The summed E-state index contributed by atoms with van der Waals surface area (Å²) in [5.74, 6) is 1.54. The maximum absolute atomic E-state index is 5.44. The Morgan fingerprint density at radius 1 is 1.29 bits per heavy atom. The van der Waals surface area contributed by atoms with Gasteiger partial charge in [-0.1, -0.05) is 26.0 Å². The standard InChI is InChI=1S/C15H25NO/c1-11(2)12-7-8-14(17-6)13(9-12)10-15(3,4)16-5/h7-9,11,16H,10H2,1-6H3. The summed E-state index contributed by atoms with van der Waals surface area (Å²) in [6, 6.07) is 6.50. The molecule has 0 aliphatic heterocycles. The topological polar surface area (TPSA) is 21.3 Å². The second kappa shape index (κ2) is 5.54. The van der Waals surface area contributed by atoms with Crippen LogP contribution >= 0.6 is 0 Å². The minimum atomic E-state index is 0.0862. The first kappa shape index (κ1) is 14.0. The molecule has 0 fully saturated rings. The van der Waals surface area contributed by atoms with Crippen molar-refractivity contribution in [3.05, 3.63) is 29.3 Å². The number of hydrogen-bond donors (Lipinski definition) is 1. The quantitative estimate of drug-likeness (QED) is 0.845. The van der Waals surface area contributed by atoms with Crippen molar-refractivity contribution in [3.63, 3.8) is 0 Å². The summed E-state index contributed by atoms with van der Waals surface area (Å²) in [4.78, 5) is 0. The van der Waals surface area contributed by atoms with Gasteiger partial charge in [0, 0.05) is 5.54 Å². The molecule has 0 atom stereocenters. The monoisotopic (exact) mass is 235 g/mol. The molecule has 2 nitrogen and oxygen atoms in total. The molecule has 0 aliphatic rings. The minimum Gasteiger partial charge on any atom is -0.496 e. The van der Waals surface area contributed by atoms with Crippen LogP contribution in [-0.2, 0) is 6.42 Å². The molecule has 0 bridgehead atoms. The van der Waals surface area contributed by atoms with Crippen LogP contribution in [0.2, 0.25) is 0 Å². The lowest BCUT2D eigenvalue weighted by Gasteiger charge is -2.25. The first-order chi connectivity index (χ1) is 7.89. The molecular formula is C15H25NO. The Morgan fingerprint density at radius 2 is 1.94 bits per heavy atom. The number of methoxy groups -OCH3 is 1. The van der Waals surface area contributed by atoms with E-state index in [0.29, 0.717) is 5.92 Å². The van der Waals surface area contributed by atoms with Crippen molar-refractivity contribution in [2.24, 2.45) is 0 Å². The van der Waals surface area contributed by atoms with Gasteiger partial charge >= 0.3 is 0 Å². The van der Waals surface area contributed by atoms with Gasteiger partial charge in [0.25, 0.3) is 0 Å². The molecule has 0 aromatic heterocycles. The van der Waals surface area contributed by atoms with Gasteiger partial charge < -0.3 is 10.1 Å². The molecule has 0 unspecified atom stereocenters. The van der Waals surface area contributed by atoms with Gasteiger partial charge in [-0.25, -0.2) is 0 Å². The van der Waals surface area contributed by atoms with Gasteiger partial charge in [0.2, 0.25) is 0 Å². The zero-order chi connectivity index (χ0) is 13.1. The van der Waals surface area contributed by atoms with Gasteiger partial charge in [-0.15, -0.1) is 0 Å². The fourth-order valence-electron chi connectivity index (χ4n) is 1.86. The Kier molecular flexibility index (Phi) is 4.58. The van der Waals surface area contributed by atoms with Crippen LogP contribution in [0.5, 0.6) is 5.75 Å². The van der Waals surface area contributed by atoms with E-state index < -0.39 is 0 Å². The lowest BCUT2D eigenvalue weighted by molar-refractivity contribution is 0.386. The van der Waals surface area contributed by atoms with Crippen LogP contribution in [0.1, 0.15) is 44.7 Å². The summed E-state index contributed by atoms with van der Waals surface area (Å²) in [5, 5.41) is 3.33. The van der Waals surface area contributed by atoms with Crippen molar-refractivity contribution in [3.8, 4) is 5.75 Å². The first-order valence-electron chi connectivity index (χ1n) is 6.25. The molecule has 96 valence electrons. The Morgan fingerprint density at radius 3 is 2.41 bits per heavy atom. The fourth-order valence-corrected chi connectivity index (χ4v) is 1.86. The van der Waals surface area contributed by atoms with E-state index in [4.69, 9.17) is 4.74 Å². The average molecular weight is 235 g/mol. The van der Waals surface area contributed by atoms with E-state index in [1.807, 2.05) is 7.05 Å². The number of likely N-dealkylation sites (N-methyl/N-ethyl adjacent to an activating group) is 1. The summed E-state index contributed by atoms with van der Waals surface area (Å²) >= 11 is 0. The summed E-state index contributed by atoms with van der Waals surface area (Å²) < 4.78 is 5.44. The van der Waals surface area contributed by atoms with E-state index in [1.165, 1.54) is 11.1 Å². The van der Waals surface area contributed by atoms with Crippen LogP contribution in [0.4, 0.5) is 0 Å². The predicted octanol–water partition coefficient (Wildman–Crippen LogP) is 3.36. The Hall–Kier alpha value is -1.02. The molecule has 1 aromatic carbocycles. The van der Waals surface area contributed by atoms with Crippen molar-refractivity contribution in [1.82, 2.24) is 5.32 Å². The first-order valence-corrected chi connectivity index (χ1v) is 6.25. The molecule has 1 aromatic rings. The molecule has 0 saturated carbocycles. The van der Waals surface area contributed by atoms with Crippen molar-refractivity contribution < 1.29 is 4.74 Å². The number of benzene rings is 1. The van der Waals surface area contributed by atoms with Gasteiger partial charge in [-0.2, -0.15) is 0 Å². The van der Waals surface area contributed by atoms with E-state index in [1.54, 1.807) is 7.11 Å². The van der Waals surface area contributed by atoms with Gasteiger partial charge in [0.05, 0.1) is 7.11 Å². The van der Waals surface area contributed by atoms with Crippen molar-refractivity contribution in [2.45, 2.75) is 45.6 Å². The van der Waals surface area contributed by atoms with Crippen LogP contribution in [0.3, 0.4) is 0 Å². The lowest BCUT2D eigenvalue weighted by atomic mass is 9.91. The number of ether oxygens (including phenoxy) is 1. The lowest BCUT2D eigenvalue weighted by Crippen LogP contribution is -2.38. The van der Waals surface area contributed by atoms with E-state index in [-0.39, 0.29) is 5.54 Å². The molecule has 0 aliphatic carbocycles. The van der Waals surface area contributed by atoms with E-state index >= 15 is 0 Å². The van der Waals surface area contributed by atoms with E-state index in [2.05, 4.69) is 51.2 Å². The molecule has 2 heteroatoms. The molecule has 0 saturated heterocycles. The minimum absolute atomic E-state index is 0.0862. The number of nitrogens with one attached hydrogen (secondary N) is 1. The normalized spacial score (nSPS) is 11.9. The second-order valence-corrected chi connectivity index (χ2v) is 5.54. The smallest absolute Gasteiger partial charge is 0.122 e. The molecule has 0 amide bonds. The van der Waals surface area contributed by atoms with Gasteiger partial charge in [-0.3, -0.25) is 0 Å². The third kappa shape index (κ3) is 3.74. The molecular weight excluding hydrogens is 210 g/mol. The van der Waals surface area contributed by atoms with Crippen LogP contribution < -0.4 is 10.1 Å². The third-order valence-electron chi connectivity index (χ3n) is 3.28. The van der Waals surface area contributed by atoms with Gasteiger partial charge in [-0.05, 0) is 50.4 Å². The molecule has 0 radical (unpaired) electrons. The maximum Gasteiger partial charge on any atom is 0.122 e. The van der Waals surface area contributed by atoms with E-state index in [0.717, 1.165) is 12.2 Å². The van der Waals surface area contributed by atoms with Gasteiger partial charge in [0.1, 0.15) is 5.75 Å². The van der Waals surface area contributed by atoms with E-state index in [9.17, 15) is 0 Å². The summed E-state index contributed by atoms with van der Waals surface area (Å²) in [6.45, 7) is 8.84. The van der Waals surface area contributed by atoms with Crippen LogP contribution in [0.15, 0.2) is 18.2 Å². The molecule has 1 rings (SSSR count). The van der Waals surface area contributed by atoms with Crippen LogP contribution in [0, 0.1) is 0 Å². The second-order valence-electron chi connectivity index (χ2n) is 5.54. The average Bonchev–Trinajstić information content (AvgIpc) is 2.28. The highest BCUT2D eigenvalue weighted by atomic mass is 16.5. The maximum atomic E-state index is 5.44. The highest BCUT2D eigenvalue weighted by molar-refractivity contribution is 5.39. The van der Waals surface area contributed by atoms with Crippen molar-refractivity contribution in [1.29, 1.82) is 0 Å². The third-order valence-corrected chi connectivity index (χ3v) is 3.28. The zero-order valence-corrected chi connectivity index (χ0v) is 11.9. The summed E-state index contributed by atoms with van der Waals surface area (Å²) in [6.07, 6.45) is 0.966. The highest BCUT2D eigenvalue weighted by Gasteiger charge is 2.18. The Labute approximate surface area is 105 Å². The van der Waals surface area contributed by atoms with Gasteiger partial charge in [0.15, 0.2) is 0 Å². The molecule has 17 heavy (non-hydrogen) atoms. The Bertz CT molecular complexity index is 369. The number of hydrogen-bond acceptors (Lipinski definition) is 2. The fraction of sp³-hybridized carbons (Fsp3) is 0.600. The van der Waals surface area contributed by atoms with Crippen LogP contribution in [0.25, 0.3) is 0 Å². The molecule has 0 spiro atoms. The number of rotatable bonds is 5. The largest absolute Gasteiger partial charge is 0.496 e. The highest BCUT2D eigenvalue weighted by Crippen LogP contribution is 2.27. The Balaban J connectivity index is 3.06. The van der Waals surface area contributed by atoms with Crippen molar-refractivity contribution in [2.75, 3.05) is 14.2 Å². The summed E-state index contributed by atoms with van der Waals surface area (Å²) in [5.41, 5.74) is 2.73.